The monoisotopic (exact) mass is 321 g/mol. The molecule has 1 saturated heterocycles. The summed E-state index contributed by atoms with van der Waals surface area (Å²) in [6.07, 6.45) is 1.05. The third-order valence-electron chi connectivity index (χ3n) is 3.63. The number of guanidine groups is 1. The first-order chi connectivity index (χ1) is 11.1. The first kappa shape index (κ1) is 17.6. The zero-order valence-corrected chi connectivity index (χ0v) is 14.2. The summed E-state index contributed by atoms with van der Waals surface area (Å²) >= 11 is 0. The van der Waals surface area contributed by atoms with Crippen LogP contribution in [0.3, 0.4) is 0 Å². The van der Waals surface area contributed by atoms with Crippen molar-refractivity contribution in [3.8, 4) is 5.75 Å². The van der Waals surface area contributed by atoms with Crippen LogP contribution in [0.5, 0.6) is 5.75 Å². The van der Waals surface area contributed by atoms with E-state index < -0.39 is 0 Å². The van der Waals surface area contributed by atoms with Gasteiger partial charge in [0, 0.05) is 25.1 Å². The summed E-state index contributed by atoms with van der Waals surface area (Å²) in [6, 6.07) is 6.25. The van der Waals surface area contributed by atoms with Crippen LogP contribution in [0, 0.1) is 6.92 Å². The number of ether oxygens (including phenoxy) is 3. The van der Waals surface area contributed by atoms with Gasteiger partial charge in [-0.2, -0.15) is 0 Å². The summed E-state index contributed by atoms with van der Waals surface area (Å²) in [7, 11) is 1.66. The van der Waals surface area contributed by atoms with E-state index in [1.165, 1.54) is 0 Å². The predicted octanol–water partition coefficient (Wildman–Crippen LogP) is 1.60. The number of hydrogen-bond acceptors (Lipinski definition) is 4. The molecule has 1 fully saturated rings. The predicted molar refractivity (Wildman–Crippen MR) is 90.8 cm³/mol. The SMILES string of the molecule is COCC(C)NC(N)=NCc1ccc(C)cc1OC1CCOC1. The Kier molecular flexibility index (Phi) is 6.67. The van der Waals surface area contributed by atoms with Gasteiger partial charge in [0.25, 0.3) is 0 Å². The van der Waals surface area contributed by atoms with E-state index in [9.17, 15) is 0 Å². The van der Waals surface area contributed by atoms with Crippen molar-refractivity contribution in [1.29, 1.82) is 0 Å². The average molecular weight is 321 g/mol. The van der Waals surface area contributed by atoms with Crippen molar-refractivity contribution in [2.45, 2.75) is 39.0 Å². The molecule has 6 heteroatoms. The van der Waals surface area contributed by atoms with Crippen molar-refractivity contribution in [2.75, 3.05) is 26.9 Å². The van der Waals surface area contributed by atoms with Crippen molar-refractivity contribution >= 4 is 5.96 Å². The number of benzene rings is 1. The molecule has 0 amide bonds. The molecule has 0 radical (unpaired) electrons. The highest BCUT2D eigenvalue weighted by molar-refractivity contribution is 5.78. The number of nitrogens with zero attached hydrogens (tertiary/aromatic N) is 1. The summed E-state index contributed by atoms with van der Waals surface area (Å²) in [5.74, 6) is 1.27. The molecule has 3 N–H and O–H groups in total. The van der Waals surface area contributed by atoms with Gasteiger partial charge in [-0.1, -0.05) is 12.1 Å². The fourth-order valence-corrected chi connectivity index (χ4v) is 2.45. The number of rotatable bonds is 7. The molecule has 23 heavy (non-hydrogen) atoms. The molecule has 0 saturated carbocycles. The Morgan fingerprint density at radius 1 is 1.52 bits per heavy atom. The molecular formula is C17H27N3O3. The number of nitrogens with two attached hydrogens (primary N) is 1. The first-order valence-electron chi connectivity index (χ1n) is 7.97. The Balaban J connectivity index is 2.00. The molecule has 1 aliphatic rings. The molecule has 0 spiro atoms. The van der Waals surface area contributed by atoms with Gasteiger partial charge in [-0.15, -0.1) is 0 Å². The van der Waals surface area contributed by atoms with Crippen LogP contribution < -0.4 is 15.8 Å². The van der Waals surface area contributed by atoms with Crippen LogP contribution in [0.15, 0.2) is 23.2 Å². The minimum atomic E-state index is 0.119. The van der Waals surface area contributed by atoms with Gasteiger partial charge in [0.15, 0.2) is 5.96 Å². The number of aliphatic imine (C=N–C) groups is 1. The Hall–Kier alpha value is -1.79. The lowest BCUT2D eigenvalue weighted by Crippen LogP contribution is -2.40. The van der Waals surface area contributed by atoms with Crippen molar-refractivity contribution in [3.63, 3.8) is 0 Å². The van der Waals surface area contributed by atoms with E-state index in [-0.39, 0.29) is 12.1 Å². The molecule has 1 heterocycles. The van der Waals surface area contributed by atoms with Crippen molar-refractivity contribution in [2.24, 2.45) is 10.7 Å². The molecule has 128 valence electrons. The second kappa shape index (κ2) is 8.74. The van der Waals surface area contributed by atoms with E-state index in [2.05, 4.69) is 16.4 Å². The summed E-state index contributed by atoms with van der Waals surface area (Å²) in [5, 5.41) is 3.10. The third-order valence-corrected chi connectivity index (χ3v) is 3.63. The summed E-state index contributed by atoms with van der Waals surface area (Å²) in [4.78, 5) is 4.40. The zero-order valence-electron chi connectivity index (χ0n) is 14.2. The van der Waals surface area contributed by atoms with Crippen LogP contribution in [0.25, 0.3) is 0 Å². The Bertz CT molecular complexity index is 528. The van der Waals surface area contributed by atoms with Crippen LogP contribution in [-0.4, -0.2) is 45.0 Å². The standard InChI is InChI=1S/C17H27N3O3/c1-12-4-5-14(9-19-17(18)20-13(2)10-21-3)16(8-12)23-15-6-7-22-11-15/h4-5,8,13,15H,6-7,9-11H2,1-3H3,(H3,18,19,20). The summed E-state index contributed by atoms with van der Waals surface area (Å²) in [6.45, 7) is 6.51. The first-order valence-corrected chi connectivity index (χ1v) is 7.97. The van der Waals surface area contributed by atoms with E-state index >= 15 is 0 Å². The topological polar surface area (TPSA) is 78.1 Å². The number of hydrogen-bond donors (Lipinski definition) is 2. The molecule has 1 aliphatic heterocycles. The largest absolute Gasteiger partial charge is 0.488 e. The maximum atomic E-state index is 6.06. The van der Waals surface area contributed by atoms with Crippen LogP contribution in [0.1, 0.15) is 24.5 Å². The van der Waals surface area contributed by atoms with Crippen LogP contribution in [0.2, 0.25) is 0 Å². The third kappa shape index (κ3) is 5.73. The average Bonchev–Trinajstić information content (AvgIpc) is 2.99. The molecule has 6 nitrogen and oxygen atoms in total. The minimum Gasteiger partial charge on any atom is -0.488 e. The van der Waals surface area contributed by atoms with E-state index in [1.807, 2.05) is 26.0 Å². The van der Waals surface area contributed by atoms with Crippen LogP contribution in [-0.2, 0) is 16.0 Å². The van der Waals surface area contributed by atoms with Gasteiger partial charge >= 0.3 is 0 Å². The van der Waals surface area contributed by atoms with Crippen molar-refractivity contribution < 1.29 is 14.2 Å². The Morgan fingerprint density at radius 3 is 3.04 bits per heavy atom. The quantitative estimate of drug-likeness (QED) is 0.589. The van der Waals surface area contributed by atoms with Gasteiger partial charge in [0.2, 0.25) is 0 Å². The van der Waals surface area contributed by atoms with Gasteiger partial charge < -0.3 is 25.3 Å². The maximum absolute atomic E-state index is 6.06. The lowest BCUT2D eigenvalue weighted by molar-refractivity contribution is 0.140. The van der Waals surface area contributed by atoms with Gasteiger partial charge in [-0.3, -0.25) is 0 Å². The Labute approximate surface area is 138 Å². The van der Waals surface area contributed by atoms with Gasteiger partial charge in [0.1, 0.15) is 11.9 Å². The lowest BCUT2D eigenvalue weighted by atomic mass is 10.1. The zero-order chi connectivity index (χ0) is 16.7. The maximum Gasteiger partial charge on any atom is 0.189 e. The summed E-state index contributed by atoms with van der Waals surface area (Å²) in [5.41, 5.74) is 8.10. The lowest BCUT2D eigenvalue weighted by Gasteiger charge is -2.16. The molecule has 1 aromatic rings. The van der Waals surface area contributed by atoms with E-state index in [0.717, 1.165) is 29.9 Å². The van der Waals surface area contributed by atoms with E-state index in [1.54, 1.807) is 7.11 Å². The van der Waals surface area contributed by atoms with Gasteiger partial charge in [0.05, 0.1) is 26.4 Å². The molecule has 1 aromatic carbocycles. The smallest absolute Gasteiger partial charge is 0.189 e. The number of methoxy groups -OCH3 is 1. The molecule has 2 rings (SSSR count). The van der Waals surface area contributed by atoms with Crippen molar-refractivity contribution in [3.05, 3.63) is 29.3 Å². The van der Waals surface area contributed by atoms with Gasteiger partial charge in [-0.05, 0) is 25.5 Å². The number of nitrogens with one attached hydrogen (secondary N) is 1. The molecule has 2 unspecified atom stereocenters. The number of aryl methyl sites for hydroxylation is 1. The molecule has 0 aromatic heterocycles. The molecule has 2 atom stereocenters. The van der Waals surface area contributed by atoms with E-state index in [4.69, 9.17) is 19.9 Å². The highest BCUT2D eigenvalue weighted by Gasteiger charge is 2.18. The highest BCUT2D eigenvalue weighted by Crippen LogP contribution is 2.24. The second-order valence-electron chi connectivity index (χ2n) is 5.92. The van der Waals surface area contributed by atoms with Crippen LogP contribution in [0.4, 0.5) is 0 Å². The second-order valence-corrected chi connectivity index (χ2v) is 5.92. The normalized spacial score (nSPS) is 19.6. The fourth-order valence-electron chi connectivity index (χ4n) is 2.45. The van der Waals surface area contributed by atoms with Crippen molar-refractivity contribution in [1.82, 2.24) is 5.32 Å². The molecular weight excluding hydrogens is 294 g/mol. The molecule has 0 bridgehead atoms. The highest BCUT2D eigenvalue weighted by atomic mass is 16.5. The summed E-state index contributed by atoms with van der Waals surface area (Å²) < 4.78 is 16.5. The Morgan fingerprint density at radius 2 is 2.35 bits per heavy atom. The van der Waals surface area contributed by atoms with Gasteiger partial charge in [-0.25, -0.2) is 4.99 Å². The molecule has 0 aliphatic carbocycles. The minimum absolute atomic E-state index is 0.119. The van der Waals surface area contributed by atoms with E-state index in [0.29, 0.717) is 25.7 Å². The fraction of sp³-hybridized carbons (Fsp3) is 0.588. The van der Waals surface area contributed by atoms with Crippen LogP contribution >= 0.6 is 0 Å².